The number of aromatic nitrogens is 5. The number of rotatable bonds is 1. The predicted octanol–water partition coefficient (Wildman–Crippen LogP) is 0.995. The highest BCUT2D eigenvalue weighted by Crippen LogP contribution is 2.25. The summed E-state index contributed by atoms with van der Waals surface area (Å²) in [6.45, 7) is 4.39. The number of hydrogen-bond donors (Lipinski definition) is 0. The molecule has 1 fully saturated rings. The Kier molecular flexibility index (Phi) is 2.42. The molecule has 0 aliphatic carbocycles. The fraction of sp³-hybridized carbons (Fsp3) is 0.636. The minimum Gasteiger partial charge on any atom is -0.355 e. The molecule has 0 saturated carbocycles. The van der Waals surface area contributed by atoms with Gasteiger partial charge in [0.25, 0.3) is 0 Å². The number of hydrogen-bond acceptors (Lipinski definition) is 5. The first kappa shape index (κ1) is 10.4. The lowest BCUT2D eigenvalue weighted by Crippen LogP contribution is -2.33. The van der Waals surface area contributed by atoms with Crippen LogP contribution in [0.5, 0.6) is 0 Å². The number of fused-ring (bicyclic) bond motifs is 1. The second-order valence-corrected chi connectivity index (χ2v) is 4.75. The van der Waals surface area contributed by atoms with Crippen molar-refractivity contribution in [1.29, 1.82) is 0 Å². The Hall–Kier alpha value is -1.72. The number of anilines is 1. The maximum atomic E-state index is 4.37. The molecular weight excluding hydrogens is 216 g/mol. The van der Waals surface area contributed by atoms with Crippen LogP contribution in [-0.2, 0) is 7.05 Å². The molecular formula is C11H16N6. The van der Waals surface area contributed by atoms with Crippen LogP contribution in [0.2, 0.25) is 0 Å². The first-order chi connectivity index (χ1) is 8.25. The maximum Gasteiger partial charge on any atom is 0.183 e. The number of nitrogens with zero attached hydrogens (tertiary/aromatic N) is 6. The van der Waals surface area contributed by atoms with E-state index in [1.54, 1.807) is 11.0 Å². The van der Waals surface area contributed by atoms with E-state index < -0.39 is 0 Å². The van der Waals surface area contributed by atoms with Gasteiger partial charge in [0.05, 0.1) is 0 Å². The van der Waals surface area contributed by atoms with Crippen molar-refractivity contribution < 1.29 is 0 Å². The second kappa shape index (κ2) is 3.94. The summed E-state index contributed by atoms with van der Waals surface area (Å²) in [7, 11) is 1.85. The summed E-state index contributed by atoms with van der Waals surface area (Å²) >= 11 is 0. The molecule has 1 aliphatic rings. The Balaban J connectivity index is 2.00. The van der Waals surface area contributed by atoms with E-state index in [0.29, 0.717) is 0 Å². The number of piperidine rings is 1. The molecule has 17 heavy (non-hydrogen) atoms. The summed E-state index contributed by atoms with van der Waals surface area (Å²) in [5, 5.41) is 8.16. The third kappa shape index (κ3) is 1.73. The van der Waals surface area contributed by atoms with E-state index in [-0.39, 0.29) is 0 Å². The van der Waals surface area contributed by atoms with Crippen molar-refractivity contribution in [3.05, 3.63) is 6.33 Å². The molecule has 6 heteroatoms. The molecule has 2 aromatic rings. The monoisotopic (exact) mass is 232 g/mol. The van der Waals surface area contributed by atoms with E-state index in [1.165, 1.54) is 12.8 Å². The molecule has 0 radical (unpaired) electrons. The summed E-state index contributed by atoms with van der Waals surface area (Å²) in [5.74, 6) is 1.74. The molecule has 0 bridgehead atoms. The van der Waals surface area contributed by atoms with Crippen molar-refractivity contribution in [1.82, 2.24) is 25.0 Å². The Labute approximate surface area is 99.7 Å². The lowest BCUT2D eigenvalue weighted by Gasteiger charge is -2.30. The van der Waals surface area contributed by atoms with E-state index in [2.05, 4.69) is 32.1 Å². The fourth-order valence-electron chi connectivity index (χ4n) is 2.29. The summed E-state index contributed by atoms with van der Waals surface area (Å²) in [4.78, 5) is 10.9. The topological polar surface area (TPSA) is 59.7 Å². The van der Waals surface area contributed by atoms with Crippen molar-refractivity contribution in [3.63, 3.8) is 0 Å². The molecule has 2 aromatic heterocycles. The quantitative estimate of drug-likeness (QED) is 0.734. The Morgan fingerprint density at radius 2 is 2.00 bits per heavy atom. The van der Waals surface area contributed by atoms with Crippen LogP contribution in [0, 0.1) is 5.92 Å². The summed E-state index contributed by atoms with van der Waals surface area (Å²) in [6, 6.07) is 0. The highest BCUT2D eigenvalue weighted by Gasteiger charge is 2.20. The smallest absolute Gasteiger partial charge is 0.183 e. The summed E-state index contributed by atoms with van der Waals surface area (Å²) < 4.78 is 1.69. The normalized spacial score (nSPS) is 17.9. The van der Waals surface area contributed by atoms with Gasteiger partial charge in [-0.05, 0) is 18.8 Å². The van der Waals surface area contributed by atoms with Crippen LogP contribution in [-0.4, -0.2) is 38.1 Å². The highest BCUT2D eigenvalue weighted by atomic mass is 15.4. The highest BCUT2D eigenvalue weighted by molar-refractivity contribution is 5.82. The summed E-state index contributed by atoms with van der Waals surface area (Å²) in [6.07, 6.45) is 4.02. The second-order valence-electron chi connectivity index (χ2n) is 4.75. The molecule has 3 heterocycles. The first-order valence-corrected chi connectivity index (χ1v) is 6.01. The molecule has 1 saturated heterocycles. The Bertz CT molecular complexity index is 526. The molecule has 0 N–H and O–H groups in total. The molecule has 0 spiro atoms. The van der Waals surface area contributed by atoms with Crippen LogP contribution in [0.3, 0.4) is 0 Å². The number of aryl methyl sites for hydroxylation is 1. The third-order valence-corrected chi connectivity index (χ3v) is 3.45. The van der Waals surface area contributed by atoms with Gasteiger partial charge in [-0.1, -0.05) is 12.1 Å². The molecule has 1 aliphatic heterocycles. The molecule has 0 atom stereocenters. The van der Waals surface area contributed by atoms with Gasteiger partial charge in [0.15, 0.2) is 17.0 Å². The van der Waals surface area contributed by atoms with Gasteiger partial charge in [-0.3, -0.25) is 0 Å². The van der Waals surface area contributed by atoms with Crippen LogP contribution in [0.25, 0.3) is 11.2 Å². The van der Waals surface area contributed by atoms with Gasteiger partial charge in [-0.15, -0.1) is 5.10 Å². The lowest BCUT2D eigenvalue weighted by molar-refractivity contribution is 0.437. The van der Waals surface area contributed by atoms with Gasteiger partial charge in [0.2, 0.25) is 0 Å². The zero-order chi connectivity index (χ0) is 11.8. The third-order valence-electron chi connectivity index (χ3n) is 3.45. The predicted molar refractivity (Wildman–Crippen MR) is 64.7 cm³/mol. The molecule has 0 amide bonds. The van der Waals surface area contributed by atoms with Crippen molar-refractivity contribution in [2.45, 2.75) is 19.8 Å². The largest absolute Gasteiger partial charge is 0.355 e. The van der Waals surface area contributed by atoms with Gasteiger partial charge >= 0.3 is 0 Å². The zero-order valence-corrected chi connectivity index (χ0v) is 10.2. The maximum absolute atomic E-state index is 4.37. The van der Waals surface area contributed by atoms with Crippen LogP contribution < -0.4 is 4.90 Å². The standard InChI is InChI=1S/C11H16N6/c1-8-3-5-17(6-4-8)11-9-10(12-7-13-11)16(2)15-14-9/h7-8H,3-6H2,1-2H3. The van der Waals surface area contributed by atoms with E-state index in [4.69, 9.17) is 0 Å². The van der Waals surface area contributed by atoms with E-state index in [9.17, 15) is 0 Å². The van der Waals surface area contributed by atoms with Gasteiger partial charge in [-0.25, -0.2) is 14.6 Å². The van der Waals surface area contributed by atoms with Gasteiger partial charge in [0.1, 0.15) is 6.33 Å². The van der Waals surface area contributed by atoms with Gasteiger partial charge < -0.3 is 4.90 Å². The molecule has 0 unspecified atom stereocenters. The van der Waals surface area contributed by atoms with Crippen molar-refractivity contribution in [2.24, 2.45) is 13.0 Å². The average Bonchev–Trinajstić information content (AvgIpc) is 2.73. The molecule has 90 valence electrons. The minimum absolute atomic E-state index is 0.800. The van der Waals surface area contributed by atoms with Crippen molar-refractivity contribution >= 4 is 17.0 Å². The van der Waals surface area contributed by atoms with Gasteiger partial charge in [0, 0.05) is 20.1 Å². The van der Waals surface area contributed by atoms with Gasteiger partial charge in [-0.2, -0.15) is 0 Å². The van der Waals surface area contributed by atoms with Crippen molar-refractivity contribution in [2.75, 3.05) is 18.0 Å². The Morgan fingerprint density at radius 1 is 1.24 bits per heavy atom. The van der Waals surface area contributed by atoms with Crippen LogP contribution in [0.15, 0.2) is 6.33 Å². The molecule has 6 nitrogen and oxygen atoms in total. The zero-order valence-electron chi connectivity index (χ0n) is 10.2. The Morgan fingerprint density at radius 3 is 2.76 bits per heavy atom. The fourth-order valence-corrected chi connectivity index (χ4v) is 2.29. The van der Waals surface area contributed by atoms with E-state index in [1.807, 2.05) is 7.05 Å². The first-order valence-electron chi connectivity index (χ1n) is 6.01. The summed E-state index contributed by atoms with van der Waals surface area (Å²) in [5.41, 5.74) is 1.61. The average molecular weight is 232 g/mol. The molecule has 0 aromatic carbocycles. The molecule has 3 rings (SSSR count). The lowest BCUT2D eigenvalue weighted by atomic mass is 9.99. The van der Waals surface area contributed by atoms with Crippen LogP contribution in [0.4, 0.5) is 5.82 Å². The minimum atomic E-state index is 0.800. The SMILES string of the molecule is CC1CCN(c2ncnc3c2nnn3C)CC1. The van der Waals surface area contributed by atoms with E-state index in [0.717, 1.165) is 36.0 Å². The van der Waals surface area contributed by atoms with Crippen molar-refractivity contribution in [3.8, 4) is 0 Å². The van der Waals surface area contributed by atoms with Crippen LogP contribution >= 0.6 is 0 Å². The van der Waals surface area contributed by atoms with Crippen LogP contribution in [0.1, 0.15) is 19.8 Å². The van der Waals surface area contributed by atoms with E-state index >= 15 is 0 Å².